The molecule has 8 heteroatoms. The molecule has 1 fully saturated rings. The summed E-state index contributed by atoms with van der Waals surface area (Å²) in [4.78, 5) is 17.4. The monoisotopic (exact) mass is 462 g/mol. The van der Waals surface area contributed by atoms with Gasteiger partial charge in [-0.1, -0.05) is 37.6 Å². The third kappa shape index (κ3) is 6.63. The van der Waals surface area contributed by atoms with Crippen LogP contribution in [0.5, 0.6) is 0 Å². The molecule has 0 radical (unpaired) electrons. The number of carbonyl (C=O) groups excluding carboxylic acids is 1. The Balaban J connectivity index is 1.77. The molecule has 33 heavy (non-hydrogen) atoms. The molecule has 3 rings (SSSR count). The normalized spacial score (nSPS) is 16.4. The Morgan fingerprint density at radius 3 is 2.52 bits per heavy atom. The Hall–Kier alpha value is -2.74. The van der Waals surface area contributed by atoms with E-state index in [0.717, 1.165) is 56.5 Å². The van der Waals surface area contributed by atoms with Crippen LogP contribution in [0.2, 0.25) is 0 Å². The summed E-state index contributed by atoms with van der Waals surface area (Å²) < 4.78 is 39.3. The fourth-order valence-corrected chi connectivity index (χ4v) is 4.44. The zero-order valence-corrected chi connectivity index (χ0v) is 19.2. The number of nitrogen functional groups attached to an aromatic ring is 1. The Bertz CT molecular complexity index is 926. The van der Waals surface area contributed by atoms with Crippen LogP contribution < -0.4 is 11.1 Å². The number of benzene rings is 2. The zero-order valence-electron chi connectivity index (χ0n) is 19.2. The van der Waals surface area contributed by atoms with Gasteiger partial charge in [0.1, 0.15) is 0 Å². The maximum absolute atomic E-state index is 13.3. The van der Waals surface area contributed by atoms with E-state index in [4.69, 9.17) is 5.73 Å². The quantitative estimate of drug-likeness (QED) is 0.498. The molecule has 1 saturated heterocycles. The van der Waals surface area contributed by atoms with Crippen molar-refractivity contribution in [3.8, 4) is 0 Å². The number of carbonyl (C=O) groups is 1. The summed E-state index contributed by atoms with van der Waals surface area (Å²) in [5, 5.41) is 2.68. The largest absolute Gasteiger partial charge is 0.416 e. The first-order chi connectivity index (χ1) is 15.7. The molecule has 2 aromatic rings. The van der Waals surface area contributed by atoms with E-state index >= 15 is 0 Å². The summed E-state index contributed by atoms with van der Waals surface area (Å²) in [5.74, 6) is 0. The summed E-state index contributed by atoms with van der Waals surface area (Å²) in [6.07, 6.45) is -0.612. The number of nitrogens with one attached hydrogen (secondary N) is 1. The molecule has 0 saturated carbocycles. The van der Waals surface area contributed by atoms with Crippen molar-refractivity contribution in [2.75, 3.05) is 24.1 Å². The predicted molar refractivity (Wildman–Crippen MR) is 126 cm³/mol. The van der Waals surface area contributed by atoms with Gasteiger partial charge in [0.2, 0.25) is 0 Å². The highest BCUT2D eigenvalue weighted by Crippen LogP contribution is 2.31. The van der Waals surface area contributed by atoms with Crippen molar-refractivity contribution < 1.29 is 18.0 Å². The van der Waals surface area contributed by atoms with Crippen LogP contribution in [0.25, 0.3) is 0 Å². The minimum absolute atomic E-state index is 0.0273. The lowest BCUT2D eigenvalue weighted by Gasteiger charge is -2.41. The van der Waals surface area contributed by atoms with Crippen molar-refractivity contribution in [3.63, 3.8) is 0 Å². The third-order valence-corrected chi connectivity index (χ3v) is 6.37. The van der Waals surface area contributed by atoms with Crippen molar-refractivity contribution in [3.05, 3.63) is 59.7 Å². The maximum atomic E-state index is 13.3. The first kappa shape index (κ1) is 24.9. The van der Waals surface area contributed by atoms with Gasteiger partial charge in [-0.25, -0.2) is 4.79 Å². The molecule has 2 aromatic carbocycles. The van der Waals surface area contributed by atoms with Gasteiger partial charge in [-0.05, 0) is 56.0 Å². The average Bonchev–Trinajstić information content (AvgIpc) is 2.78. The molecule has 1 unspecified atom stereocenters. The van der Waals surface area contributed by atoms with Gasteiger partial charge < -0.3 is 20.9 Å². The van der Waals surface area contributed by atoms with Crippen molar-refractivity contribution in [2.45, 2.75) is 64.3 Å². The lowest BCUT2D eigenvalue weighted by Crippen LogP contribution is -2.50. The first-order valence-electron chi connectivity index (χ1n) is 11.5. The van der Waals surface area contributed by atoms with E-state index in [1.165, 1.54) is 12.1 Å². The highest BCUT2D eigenvalue weighted by molar-refractivity contribution is 5.89. The maximum Gasteiger partial charge on any atom is 0.416 e. The van der Waals surface area contributed by atoms with E-state index in [9.17, 15) is 18.0 Å². The SMILES string of the molecule is CCCC(C)N1CCC(N(Cc2ccccc2N)C(=O)Nc2cccc(C(F)(F)F)c2)CC1. The fourth-order valence-electron chi connectivity index (χ4n) is 4.44. The van der Waals surface area contributed by atoms with Crippen molar-refractivity contribution >= 4 is 17.4 Å². The summed E-state index contributed by atoms with van der Waals surface area (Å²) in [6, 6.07) is 12.1. The summed E-state index contributed by atoms with van der Waals surface area (Å²) in [6.45, 7) is 6.46. The Morgan fingerprint density at radius 1 is 1.18 bits per heavy atom. The molecule has 1 atom stereocenters. The molecule has 1 aliphatic heterocycles. The molecule has 0 bridgehead atoms. The van der Waals surface area contributed by atoms with E-state index in [2.05, 4.69) is 24.1 Å². The molecule has 5 nitrogen and oxygen atoms in total. The number of urea groups is 1. The molecule has 1 heterocycles. The van der Waals surface area contributed by atoms with E-state index < -0.39 is 17.8 Å². The number of halogens is 3. The number of amides is 2. The van der Waals surface area contributed by atoms with Gasteiger partial charge in [0.15, 0.2) is 0 Å². The molecule has 0 aliphatic carbocycles. The van der Waals surface area contributed by atoms with Crippen LogP contribution in [0.4, 0.5) is 29.3 Å². The van der Waals surface area contributed by atoms with E-state index in [-0.39, 0.29) is 11.7 Å². The molecular formula is C25H33F3N4O. The van der Waals surface area contributed by atoms with E-state index in [1.807, 2.05) is 18.2 Å². The van der Waals surface area contributed by atoms with Crippen molar-refractivity contribution in [1.82, 2.24) is 9.80 Å². The van der Waals surface area contributed by atoms with Crippen LogP contribution in [-0.2, 0) is 12.7 Å². The van der Waals surface area contributed by atoms with Gasteiger partial charge in [-0.15, -0.1) is 0 Å². The summed E-state index contributed by atoms with van der Waals surface area (Å²) >= 11 is 0. The van der Waals surface area contributed by atoms with Crippen LogP contribution in [0.1, 0.15) is 50.7 Å². The van der Waals surface area contributed by atoms with Gasteiger partial charge in [0.25, 0.3) is 0 Å². The average molecular weight is 463 g/mol. The Kier molecular flexibility index (Phi) is 8.24. The number of hydrogen-bond donors (Lipinski definition) is 2. The number of para-hydroxylation sites is 1. The van der Waals surface area contributed by atoms with Crippen LogP contribution in [0.15, 0.2) is 48.5 Å². The second-order valence-corrected chi connectivity index (χ2v) is 8.74. The number of anilines is 2. The topological polar surface area (TPSA) is 61.6 Å². The molecule has 0 spiro atoms. The van der Waals surface area contributed by atoms with Crippen molar-refractivity contribution in [1.29, 1.82) is 0 Å². The molecule has 1 aliphatic rings. The lowest BCUT2D eigenvalue weighted by atomic mass is 9.99. The number of piperidine rings is 1. The van der Waals surface area contributed by atoms with Crippen molar-refractivity contribution in [2.24, 2.45) is 0 Å². The van der Waals surface area contributed by atoms with E-state index in [0.29, 0.717) is 18.3 Å². The number of nitrogens with zero attached hydrogens (tertiary/aromatic N) is 2. The molecular weight excluding hydrogens is 429 g/mol. The van der Waals surface area contributed by atoms with Gasteiger partial charge in [-0.2, -0.15) is 13.2 Å². The number of alkyl halides is 3. The second kappa shape index (κ2) is 10.9. The molecule has 3 N–H and O–H groups in total. The number of nitrogens with two attached hydrogens (primary N) is 1. The molecule has 180 valence electrons. The Labute approximate surface area is 193 Å². The number of hydrogen-bond acceptors (Lipinski definition) is 3. The molecule has 2 amide bonds. The fraction of sp³-hybridized carbons (Fsp3) is 0.480. The first-order valence-corrected chi connectivity index (χ1v) is 11.5. The minimum atomic E-state index is -4.47. The Morgan fingerprint density at radius 2 is 1.88 bits per heavy atom. The number of rotatable bonds is 7. The zero-order chi connectivity index (χ0) is 24.0. The van der Waals surface area contributed by atoms with Gasteiger partial charge in [-0.3, -0.25) is 0 Å². The second-order valence-electron chi connectivity index (χ2n) is 8.74. The van der Waals surface area contributed by atoms with Crippen LogP contribution >= 0.6 is 0 Å². The summed E-state index contributed by atoms with van der Waals surface area (Å²) in [7, 11) is 0. The highest BCUT2D eigenvalue weighted by atomic mass is 19.4. The summed E-state index contributed by atoms with van der Waals surface area (Å²) in [5.41, 5.74) is 6.85. The predicted octanol–water partition coefficient (Wildman–Crippen LogP) is 5.97. The van der Waals surface area contributed by atoms with Gasteiger partial charge in [0, 0.05) is 43.1 Å². The van der Waals surface area contributed by atoms with Gasteiger partial charge in [0.05, 0.1) is 5.56 Å². The lowest BCUT2D eigenvalue weighted by molar-refractivity contribution is -0.137. The highest BCUT2D eigenvalue weighted by Gasteiger charge is 2.32. The van der Waals surface area contributed by atoms with Crippen LogP contribution in [0, 0.1) is 0 Å². The van der Waals surface area contributed by atoms with E-state index in [1.54, 1.807) is 11.0 Å². The van der Waals surface area contributed by atoms with Crippen LogP contribution in [0.3, 0.4) is 0 Å². The number of likely N-dealkylation sites (tertiary alicyclic amines) is 1. The smallest absolute Gasteiger partial charge is 0.398 e. The standard InChI is InChI=1S/C25H33F3N4O/c1-3-7-18(2)31-14-12-22(13-15-31)32(17-19-8-4-5-11-23(19)29)24(33)30-21-10-6-9-20(16-21)25(26,27)28/h4-6,8-11,16,18,22H,3,7,12-15,17,29H2,1-2H3,(H,30,33). The van der Waals surface area contributed by atoms with Gasteiger partial charge >= 0.3 is 12.2 Å². The minimum Gasteiger partial charge on any atom is -0.398 e. The van der Waals surface area contributed by atoms with Crippen LogP contribution in [-0.4, -0.2) is 41.0 Å². The molecule has 0 aromatic heterocycles. The third-order valence-electron chi connectivity index (χ3n) is 6.37.